The van der Waals surface area contributed by atoms with Crippen molar-refractivity contribution in [1.29, 1.82) is 0 Å². The van der Waals surface area contributed by atoms with E-state index in [2.05, 4.69) is 9.97 Å². The number of aromatic carboxylic acids is 1. The number of carboxylic acid groups (broad SMARTS) is 1. The maximum absolute atomic E-state index is 14.1. The summed E-state index contributed by atoms with van der Waals surface area (Å²) in [6.45, 7) is 2.70. The highest BCUT2D eigenvalue weighted by Gasteiger charge is 2.36. The first-order chi connectivity index (χ1) is 13.5. The molecule has 152 valence electrons. The van der Waals surface area contributed by atoms with Crippen LogP contribution in [0, 0.1) is 12.7 Å². The van der Waals surface area contributed by atoms with E-state index in [0.29, 0.717) is 6.07 Å². The van der Waals surface area contributed by atoms with Crippen molar-refractivity contribution in [3.8, 4) is 5.75 Å². The highest BCUT2D eigenvalue weighted by Crippen LogP contribution is 2.38. The van der Waals surface area contributed by atoms with Crippen molar-refractivity contribution in [3.05, 3.63) is 69.0 Å². The van der Waals surface area contributed by atoms with E-state index in [9.17, 15) is 27.2 Å². The van der Waals surface area contributed by atoms with Crippen LogP contribution in [0.25, 0.3) is 10.9 Å². The number of hydrogen-bond acceptors (Lipinski definition) is 4. The third-order valence-electron chi connectivity index (χ3n) is 4.22. The molecule has 0 amide bonds. The smallest absolute Gasteiger partial charge is 0.416 e. The van der Waals surface area contributed by atoms with E-state index in [1.165, 1.54) is 13.8 Å². The van der Waals surface area contributed by atoms with E-state index in [1.54, 1.807) is 0 Å². The Labute approximate surface area is 160 Å². The number of aromatic nitrogens is 2. The Kier molecular flexibility index (Phi) is 5.04. The molecule has 0 bridgehead atoms. The van der Waals surface area contributed by atoms with E-state index < -0.39 is 40.9 Å². The Bertz CT molecular complexity index is 1170. The van der Waals surface area contributed by atoms with Gasteiger partial charge >= 0.3 is 12.1 Å². The van der Waals surface area contributed by atoms with E-state index in [1.807, 2.05) is 0 Å². The Morgan fingerprint density at radius 1 is 1.24 bits per heavy atom. The molecule has 0 aliphatic heterocycles. The van der Waals surface area contributed by atoms with Gasteiger partial charge in [-0.2, -0.15) is 13.2 Å². The number of benzene rings is 2. The maximum Gasteiger partial charge on any atom is 0.416 e. The molecule has 6 nitrogen and oxygen atoms in total. The molecule has 1 aromatic heterocycles. The average Bonchev–Trinajstić information content (AvgIpc) is 2.61. The van der Waals surface area contributed by atoms with Crippen molar-refractivity contribution in [3.63, 3.8) is 0 Å². The quantitative estimate of drug-likeness (QED) is 0.628. The van der Waals surface area contributed by atoms with Crippen molar-refractivity contribution in [2.75, 3.05) is 0 Å². The monoisotopic (exact) mass is 410 g/mol. The molecule has 3 aromatic rings. The zero-order valence-electron chi connectivity index (χ0n) is 15.1. The second-order valence-corrected chi connectivity index (χ2v) is 6.32. The van der Waals surface area contributed by atoms with Crippen LogP contribution in [0.4, 0.5) is 17.6 Å². The number of nitrogens with zero attached hydrogens (tertiary/aromatic N) is 1. The van der Waals surface area contributed by atoms with Crippen LogP contribution in [0.5, 0.6) is 5.75 Å². The van der Waals surface area contributed by atoms with Gasteiger partial charge in [-0.25, -0.2) is 14.2 Å². The van der Waals surface area contributed by atoms with Gasteiger partial charge in [-0.3, -0.25) is 4.79 Å². The topological polar surface area (TPSA) is 92.3 Å². The third-order valence-corrected chi connectivity index (χ3v) is 4.22. The number of carboxylic acids is 1. The second kappa shape index (κ2) is 7.19. The lowest BCUT2D eigenvalue weighted by atomic mass is 9.99. The van der Waals surface area contributed by atoms with Gasteiger partial charge in [0.15, 0.2) is 11.6 Å². The fourth-order valence-corrected chi connectivity index (χ4v) is 2.88. The number of hydrogen-bond donors (Lipinski definition) is 2. The largest absolute Gasteiger partial charge is 0.483 e. The van der Waals surface area contributed by atoms with E-state index in [4.69, 9.17) is 9.84 Å². The molecule has 10 heteroatoms. The van der Waals surface area contributed by atoms with Gasteiger partial charge < -0.3 is 14.8 Å². The number of ether oxygens (including phenoxy) is 1. The standard InChI is InChI=1S/C19H14F4N2O4/c1-8(29-16-4-3-10(18(27)28)5-14(16)20)11-6-12-15(7-13(11)19(21,22)23)24-9(2)25-17(12)26/h3-8H,1-2H3,(H,27,28)(H,24,25,26)/t8-/m0/s1. The van der Waals surface area contributed by atoms with Gasteiger partial charge in [0.1, 0.15) is 11.9 Å². The molecule has 0 fully saturated rings. The van der Waals surface area contributed by atoms with Crippen LogP contribution in [0.15, 0.2) is 35.1 Å². The van der Waals surface area contributed by atoms with Crippen molar-refractivity contribution in [1.82, 2.24) is 9.97 Å². The summed E-state index contributed by atoms with van der Waals surface area (Å²) in [7, 11) is 0. The Morgan fingerprint density at radius 3 is 2.52 bits per heavy atom. The predicted octanol–water partition coefficient (Wildman–Crippen LogP) is 4.23. The number of aromatic amines is 1. The minimum absolute atomic E-state index is 0.0734. The lowest BCUT2D eigenvalue weighted by molar-refractivity contribution is -0.138. The second-order valence-electron chi connectivity index (χ2n) is 6.32. The van der Waals surface area contributed by atoms with E-state index in [-0.39, 0.29) is 27.9 Å². The summed E-state index contributed by atoms with van der Waals surface area (Å²) >= 11 is 0. The lowest BCUT2D eigenvalue weighted by Crippen LogP contribution is -2.17. The minimum atomic E-state index is -4.77. The molecule has 0 saturated heterocycles. The summed E-state index contributed by atoms with van der Waals surface area (Å²) in [6, 6.07) is 4.54. The Hall–Kier alpha value is -3.43. The fourth-order valence-electron chi connectivity index (χ4n) is 2.88. The summed E-state index contributed by atoms with van der Waals surface area (Å²) in [6.07, 6.45) is -6.08. The van der Waals surface area contributed by atoms with Crippen molar-refractivity contribution >= 4 is 16.9 Å². The van der Waals surface area contributed by atoms with Gasteiger partial charge in [-0.05, 0) is 44.2 Å². The number of halogens is 4. The number of alkyl halides is 3. The minimum Gasteiger partial charge on any atom is -0.483 e. The molecule has 0 spiro atoms. The molecule has 0 radical (unpaired) electrons. The normalized spacial score (nSPS) is 12.8. The molecule has 1 heterocycles. The van der Waals surface area contributed by atoms with Gasteiger partial charge in [-0.15, -0.1) is 0 Å². The summed E-state index contributed by atoms with van der Waals surface area (Å²) < 4.78 is 60.2. The van der Waals surface area contributed by atoms with Gasteiger partial charge in [0.2, 0.25) is 0 Å². The van der Waals surface area contributed by atoms with Gasteiger partial charge in [0.05, 0.1) is 22.0 Å². The molecule has 29 heavy (non-hydrogen) atoms. The molecule has 1 atom stereocenters. The highest BCUT2D eigenvalue weighted by atomic mass is 19.4. The van der Waals surface area contributed by atoms with Crippen LogP contribution in [0.3, 0.4) is 0 Å². The van der Waals surface area contributed by atoms with Crippen LogP contribution >= 0.6 is 0 Å². The van der Waals surface area contributed by atoms with Crippen LogP contribution in [0.2, 0.25) is 0 Å². The first-order valence-electron chi connectivity index (χ1n) is 8.28. The van der Waals surface area contributed by atoms with E-state index in [0.717, 1.165) is 24.3 Å². The molecule has 2 N–H and O–H groups in total. The number of carbonyl (C=O) groups is 1. The predicted molar refractivity (Wildman–Crippen MR) is 94.5 cm³/mol. The van der Waals surface area contributed by atoms with Gasteiger partial charge in [-0.1, -0.05) is 0 Å². The van der Waals surface area contributed by atoms with Crippen LogP contribution in [0.1, 0.15) is 40.3 Å². The molecule has 0 saturated carbocycles. The van der Waals surface area contributed by atoms with E-state index >= 15 is 0 Å². The zero-order chi connectivity index (χ0) is 21.5. The average molecular weight is 410 g/mol. The number of rotatable bonds is 4. The molecule has 0 aliphatic rings. The van der Waals surface area contributed by atoms with Crippen molar-refractivity contribution in [2.24, 2.45) is 0 Å². The van der Waals surface area contributed by atoms with Crippen LogP contribution < -0.4 is 10.3 Å². The third kappa shape index (κ3) is 4.05. The first-order valence-corrected chi connectivity index (χ1v) is 8.28. The molecular formula is C19H14F4N2O4. The summed E-state index contributed by atoms with van der Waals surface area (Å²) in [5.41, 5.74) is -2.55. The number of H-pyrrole nitrogens is 1. The van der Waals surface area contributed by atoms with Crippen molar-refractivity contribution < 1.29 is 32.2 Å². The Morgan fingerprint density at radius 2 is 1.93 bits per heavy atom. The van der Waals surface area contributed by atoms with Gasteiger partial charge in [0.25, 0.3) is 5.56 Å². The Balaban J connectivity index is 2.10. The SMILES string of the molecule is Cc1nc2cc(C(F)(F)F)c([C@H](C)Oc3ccc(C(=O)O)cc3F)cc2c(=O)[nH]1. The summed E-state index contributed by atoms with van der Waals surface area (Å²) in [5, 5.41) is 8.79. The summed E-state index contributed by atoms with van der Waals surface area (Å²) in [5.74, 6) is -2.67. The van der Waals surface area contributed by atoms with Crippen molar-refractivity contribution in [2.45, 2.75) is 26.1 Å². The fraction of sp³-hybridized carbons (Fsp3) is 0.211. The molecule has 3 rings (SSSR count). The summed E-state index contributed by atoms with van der Waals surface area (Å²) in [4.78, 5) is 29.3. The van der Waals surface area contributed by atoms with Crippen LogP contribution in [-0.2, 0) is 6.18 Å². The highest BCUT2D eigenvalue weighted by molar-refractivity contribution is 5.87. The van der Waals surface area contributed by atoms with Gasteiger partial charge in [0, 0.05) is 5.56 Å². The molecule has 0 unspecified atom stereocenters. The number of fused-ring (bicyclic) bond motifs is 1. The molecule has 2 aromatic carbocycles. The first kappa shape index (κ1) is 20.3. The maximum atomic E-state index is 14.1. The molecular weight excluding hydrogens is 396 g/mol. The number of aryl methyl sites for hydroxylation is 1. The number of nitrogens with one attached hydrogen (secondary N) is 1. The van der Waals surface area contributed by atoms with Crippen LogP contribution in [-0.4, -0.2) is 21.0 Å². The zero-order valence-corrected chi connectivity index (χ0v) is 15.1. The lowest BCUT2D eigenvalue weighted by Gasteiger charge is -2.21. The molecule has 0 aliphatic carbocycles.